The lowest BCUT2D eigenvalue weighted by Crippen LogP contribution is -2.33. The number of hydrogen-bond donors (Lipinski definition) is 1. The number of carboxylic acid groups (broad SMARTS) is 1. The zero-order valence-electron chi connectivity index (χ0n) is 14.7. The van der Waals surface area contributed by atoms with Crippen molar-refractivity contribution in [1.82, 2.24) is 0 Å². The first-order valence-electron chi connectivity index (χ1n) is 7.86. The fourth-order valence-electron chi connectivity index (χ4n) is 2.39. The molecule has 0 radical (unpaired) electrons. The number of aliphatic carboxylic acids is 1. The third kappa shape index (κ3) is 7.87. The first-order chi connectivity index (χ1) is 11.4. The Morgan fingerprint density at radius 1 is 1.00 bits per heavy atom. The average Bonchev–Trinajstić information content (AvgIpc) is 2.46. The van der Waals surface area contributed by atoms with Crippen LogP contribution in [0.3, 0.4) is 0 Å². The van der Waals surface area contributed by atoms with E-state index in [1.54, 1.807) is 36.1 Å². The Morgan fingerprint density at radius 2 is 1.44 bits per heavy atom. The van der Waals surface area contributed by atoms with Crippen LogP contribution >= 0.6 is 0 Å². The van der Waals surface area contributed by atoms with Crippen molar-refractivity contribution in [3.63, 3.8) is 0 Å². The van der Waals surface area contributed by atoms with E-state index in [0.29, 0.717) is 17.7 Å². The van der Waals surface area contributed by atoms with Gasteiger partial charge in [0.25, 0.3) is 0 Å². The molecule has 1 aromatic rings. The van der Waals surface area contributed by atoms with Crippen LogP contribution in [0.1, 0.15) is 24.8 Å². The van der Waals surface area contributed by atoms with Crippen molar-refractivity contribution in [3.05, 3.63) is 29.8 Å². The molecule has 142 valence electrons. The molecule has 0 aliphatic carbocycles. The monoisotopic (exact) mass is 391 g/mol. The first kappa shape index (κ1) is 21.4. The Bertz CT molecular complexity index is 748. The molecule has 0 spiro atoms. The second kappa shape index (κ2) is 8.66. The Morgan fingerprint density at radius 3 is 1.76 bits per heavy atom. The SMILES string of the molecule is CCC(C(=O)O)c1ccc(N(CCS(C)(=O)=O)CCS(C)(=O)=O)cc1. The Balaban J connectivity index is 3.01. The van der Waals surface area contributed by atoms with E-state index in [1.165, 1.54) is 0 Å². The summed E-state index contributed by atoms with van der Waals surface area (Å²) >= 11 is 0. The van der Waals surface area contributed by atoms with E-state index >= 15 is 0 Å². The maximum absolute atomic E-state index is 11.4. The number of carboxylic acids is 1. The molecule has 25 heavy (non-hydrogen) atoms. The van der Waals surface area contributed by atoms with Crippen molar-refractivity contribution >= 4 is 31.3 Å². The summed E-state index contributed by atoms with van der Waals surface area (Å²) in [5, 5.41) is 9.21. The summed E-state index contributed by atoms with van der Waals surface area (Å²) < 4.78 is 45.7. The Hall–Kier alpha value is -1.61. The van der Waals surface area contributed by atoms with Crippen LogP contribution in [0, 0.1) is 0 Å². The molecule has 9 heteroatoms. The van der Waals surface area contributed by atoms with E-state index in [9.17, 15) is 26.7 Å². The van der Waals surface area contributed by atoms with Gasteiger partial charge in [-0.25, -0.2) is 16.8 Å². The molecule has 0 aromatic heterocycles. The normalized spacial score (nSPS) is 13.4. The lowest BCUT2D eigenvalue weighted by Gasteiger charge is -2.25. The van der Waals surface area contributed by atoms with Crippen LogP contribution in [0.25, 0.3) is 0 Å². The van der Waals surface area contributed by atoms with Gasteiger partial charge in [-0.2, -0.15) is 0 Å². The molecule has 0 bridgehead atoms. The van der Waals surface area contributed by atoms with E-state index in [4.69, 9.17) is 0 Å². The smallest absolute Gasteiger partial charge is 0.310 e. The number of rotatable bonds is 10. The molecule has 0 saturated carbocycles. The van der Waals surface area contributed by atoms with Gasteiger partial charge in [-0.1, -0.05) is 19.1 Å². The molecule has 1 rings (SSSR count). The van der Waals surface area contributed by atoms with Gasteiger partial charge in [0, 0.05) is 31.3 Å². The summed E-state index contributed by atoms with van der Waals surface area (Å²) in [6.07, 6.45) is 2.72. The summed E-state index contributed by atoms with van der Waals surface area (Å²) in [6, 6.07) is 6.77. The van der Waals surface area contributed by atoms with Gasteiger partial charge in [-0.05, 0) is 24.1 Å². The molecule has 0 amide bonds. The third-order valence-electron chi connectivity index (χ3n) is 3.83. The molecule has 1 atom stereocenters. The molecular formula is C16H25NO6S2. The summed E-state index contributed by atoms with van der Waals surface area (Å²) in [5.41, 5.74) is 1.32. The second-order valence-corrected chi connectivity index (χ2v) is 10.7. The topological polar surface area (TPSA) is 109 Å². The van der Waals surface area contributed by atoms with Gasteiger partial charge in [0.1, 0.15) is 19.7 Å². The number of benzene rings is 1. The van der Waals surface area contributed by atoms with Crippen LogP contribution in [0.5, 0.6) is 0 Å². The predicted molar refractivity (Wildman–Crippen MR) is 98.7 cm³/mol. The van der Waals surface area contributed by atoms with Gasteiger partial charge < -0.3 is 10.0 Å². The van der Waals surface area contributed by atoms with Crippen molar-refractivity contribution in [1.29, 1.82) is 0 Å². The van der Waals surface area contributed by atoms with E-state index in [1.807, 2.05) is 0 Å². The van der Waals surface area contributed by atoms with Gasteiger partial charge in [-0.3, -0.25) is 4.79 Å². The minimum atomic E-state index is -3.19. The highest BCUT2D eigenvalue weighted by Crippen LogP contribution is 2.23. The molecule has 1 N–H and O–H groups in total. The summed E-state index contributed by atoms with van der Waals surface area (Å²) in [7, 11) is -6.37. The molecule has 0 saturated heterocycles. The standard InChI is InChI=1S/C16H25NO6S2/c1-4-15(16(18)19)13-5-7-14(8-6-13)17(9-11-24(2,20)21)10-12-25(3,22)23/h5-8,15H,4,9-12H2,1-3H3,(H,18,19). The Kier molecular flexibility index (Phi) is 7.43. The predicted octanol–water partition coefficient (Wildman–Crippen LogP) is 1.16. The fourth-order valence-corrected chi connectivity index (χ4v) is 3.50. The first-order valence-corrected chi connectivity index (χ1v) is 12.0. The van der Waals surface area contributed by atoms with Crippen LogP contribution in [0.4, 0.5) is 5.69 Å². The minimum Gasteiger partial charge on any atom is -0.481 e. The second-order valence-electron chi connectivity index (χ2n) is 6.14. The number of nitrogens with zero attached hydrogens (tertiary/aromatic N) is 1. The van der Waals surface area contributed by atoms with Crippen molar-refractivity contribution in [3.8, 4) is 0 Å². The number of hydrogen-bond acceptors (Lipinski definition) is 6. The highest BCUT2D eigenvalue weighted by atomic mass is 32.2. The zero-order chi connectivity index (χ0) is 19.3. The van der Waals surface area contributed by atoms with Crippen molar-refractivity contribution in [2.45, 2.75) is 19.3 Å². The summed E-state index contributed by atoms with van der Waals surface area (Å²) in [6.45, 7) is 2.13. The van der Waals surface area contributed by atoms with E-state index < -0.39 is 31.6 Å². The van der Waals surface area contributed by atoms with E-state index in [2.05, 4.69) is 0 Å². The fraction of sp³-hybridized carbons (Fsp3) is 0.562. The number of carbonyl (C=O) groups is 1. The largest absolute Gasteiger partial charge is 0.481 e. The lowest BCUT2D eigenvalue weighted by atomic mass is 9.96. The van der Waals surface area contributed by atoms with Crippen LogP contribution < -0.4 is 4.90 Å². The summed E-state index contributed by atoms with van der Waals surface area (Å²) in [4.78, 5) is 12.9. The molecule has 1 unspecified atom stereocenters. The minimum absolute atomic E-state index is 0.0920. The van der Waals surface area contributed by atoms with E-state index in [-0.39, 0.29) is 24.6 Å². The van der Waals surface area contributed by atoms with Gasteiger partial charge in [0.2, 0.25) is 0 Å². The Labute approximate surface area is 149 Å². The van der Waals surface area contributed by atoms with Crippen molar-refractivity contribution in [2.24, 2.45) is 0 Å². The molecule has 0 heterocycles. The van der Waals surface area contributed by atoms with Gasteiger partial charge in [0.05, 0.1) is 17.4 Å². The summed E-state index contributed by atoms with van der Waals surface area (Å²) in [5.74, 6) is -1.69. The molecule has 7 nitrogen and oxygen atoms in total. The lowest BCUT2D eigenvalue weighted by molar-refractivity contribution is -0.138. The van der Waals surface area contributed by atoms with Gasteiger partial charge in [0.15, 0.2) is 0 Å². The maximum atomic E-state index is 11.4. The molecule has 0 aliphatic heterocycles. The molecule has 0 fully saturated rings. The molecule has 0 aliphatic rings. The quantitative estimate of drug-likeness (QED) is 0.637. The average molecular weight is 392 g/mol. The maximum Gasteiger partial charge on any atom is 0.310 e. The van der Waals surface area contributed by atoms with Crippen molar-refractivity contribution in [2.75, 3.05) is 42.0 Å². The van der Waals surface area contributed by atoms with Crippen molar-refractivity contribution < 1.29 is 26.7 Å². The van der Waals surface area contributed by atoms with Crippen LogP contribution in [-0.4, -0.2) is 65.0 Å². The zero-order valence-corrected chi connectivity index (χ0v) is 16.3. The van der Waals surface area contributed by atoms with Gasteiger partial charge >= 0.3 is 5.97 Å². The number of anilines is 1. The molecule has 1 aromatic carbocycles. The van der Waals surface area contributed by atoms with Crippen LogP contribution in [0.2, 0.25) is 0 Å². The van der Waals surface area contributed by atoms with Crippen LogP contribution in [-0.2, 0) is 24.5 Å². The highest BCUT2D eigenvalue weighted by molar-refractivity contribution is 7.90. The van der Waals surface area contributed by atoms with Gasteiger partial charge in [-0.15, -0.1) is 0 Å². The third-order valence-corrected chi connectivity index (χ3v) is 5.68. The van der Waals surface area contributed by atoms with E-state index in [0.717, 1.165) is 12.5 Å². The van der Waals surface area contributed by atoms with Crippen LogP contribution in [0.15, 0.2) is 24.3 Å². The highest BCUT2D eigenvalue weighted by Gasteiger charge is 2.18. The molecular weight excluding hydrogens is 366 g/mol. The number of sulfone groups is 2.